The maximum atomic E-state index is 12.1. The van der Waals surface area contributed by atoms with Crippen LogP contribution in [0, 0.1) is 0 Å². The van der Waals surface area contributed by atoms with Crippen LogP contribution in [0.5, 0.6) is 0 Å². The number of aliphatic hydroxyl groups is 1. The van der Waals surface area contributed by atoms with E-state index in [1.165, 1.54) is 5.56 Å². The molecule has 3 nitrogen and oxygen atoms in total. The lowest BCUT2D eigenvalue weighted by atomic mass is 9.86. The second-order valence-electron chi connectivity index (χ2n) is 5.92. The summed E-state index contributed by atoms with van der Waals surface area (Å²) in [6, 6.07) is 7.77. The third-order valence-corrected chi connectivity index (χ3v) is 3.32. The van der Waals surface area contributed by atoms with Gasteiger partial charge in [0.15, 0.2) is 0 Å². The molecule has 0 aliphatic heterocycles. The number of benzene rings is 1. The average Bonchev–Trinajstić information content (AvgIpc) is 2.37. The molecule has 3 heteroatoms. The van der Waals surface area contributed by atoms with Crippen molar-refractivity contribution < 1.29 is 9.90 Å². The summed E-state index contributed by atoms with van der Waals surface area (Å²) in [7, 11) is 0. The molecule has 1 amide bonds. The Balaban J connectivity index is 2.73. The molecule has 1 rings (SSSR count). The van der Waals surface area contributed by atoms with E-state index in [0.29, 0.717) is 12.0 Å². The van der Waals surface area contributed by atoms with Crippen molar-refractivity contribution in [3.8, 4) is 0 Å². The molecule has 0 heterocycles. The molecule has 0 spiro atoms. The zero-order valence-electron chi connectivity index (χ0n) is 12.4. The summed E-state index contributed by atoms with van der Waals surface area (Å²) in [5, 5.41) is 11.9. The van der Waals surface area contributed by atoms with E-state index in [2.05, 4.69) is 26.1 Å². The third-order valence-electron chi connectivity index (χ3n) is 3.32. The normalized spacial score (nSPS) is 13.1. The van der Waals surface area contributed by atoms with Crippen molar-refractivity contribution in [2.24, 2.45) is 0 Å². The molecule has 0 saturated heterocycles. The predicted octanol–water partition coefficient (Wildman–Crippen LogP) is 2.87. The number of carbonyl (C=O) groups excluding carboxylic acids is 1. The molecule has 2 N–H and O–H groups in total. The summed E-state index contributed by atoms with van der Waals surface area (Å²) in [6.07, 6.45) is 1.43. The van der Waals surface area contributed by atoms with Gasteiger partial charge in [0.2, 0.25) is 0 Å². The number of hydrogen-bond acceptors (Lipinski definition) is 2. The molecule has 0 saturated carbocycles. The Morgan fingerprint density at radius 2 is 1.84 bits per heavy atom. The fourth-order valence-electron chi connectivity index (χ4n) is 1.92. The van der Waals surface area contributed by atoms with E-state index in [1.54, 1.807) is 0 Å². The number of hydrogen-bond donors (Lipinski definition) is 2. The van der Waals surface area contributed by atoms with Crippen molar-refractivity contribution in [3.05, 3.63) is 35.4 Å². The minimum absolute atomic E-state index is 0.0415. The largest absolute Gasteiger partial charge is 0.396 e. The van der Waals surface area contributed by atoms with Gasteiger partial charge in [-0.15, -0.1) is 0 Å². The molecule has 0 fully saturated rings. The smallest absolute Gasteiger partial charge is 0.251 e. The summed E-state index contributed by atoms with van der Waals surface area (Å²) < 4.78 is 0. The number of rotatable bonds is 5. The highest BCUT2D eigenvalue weighted by atomic mass is 16.3. The van der Waals surface area contributed by atoms with Gasteiger partial charge in [0.05, 0.1) is 0 Å². The quantitative estimate of drug-likeness (QED) is 0.858. The van der Waals surface area contributed by atoms with Crippen molar-refractivity contribution in [1.82, 2.24) is 5.32 Å². The van der Waals surface area contributed by atoms with E-state index in [9.17, 15) is 4.79 Å². The minimum Gasteiger partial charge on any atom is -0.396 e. The second kappa shape index (κ2) is 6.71. The maximum Gasteiger partial charge on any atom is 0.251 e. The third kappa shape index (κ3) is 4.67. The van der Waals surface area contributed by atoms with E-state index in [4.69, 9.17) is 5.11 Å². The topological polar surface area (TPSA) is 49.3 Å². The lowest BCUT2D eigenvalue weighted by molar-refractivity contribution is 0.0929. The predicted molar refractivity (Wildman–Crippen MR) is 78.4 cm³/mol. The van der Waals surface area contributed by atoms with Crippen LogP contribution < -0.4 is 5.32 Å². The number of nitrogens with one attached hydrogen (secondary N) is 1. The molecule has 0 bridgehead atoms. The zero-order valence-corrected chi connectivity index (χ0v) is 12.4. The summed E-state index contributed by atoms with van der Waals surface area (Å²) in [4.78, 5) is 12.1. The van der Waals surface area contributed by atoms with Crippen LogP contribution in [0.2, 0.25) is 0 Å². The molecule has 0 aliphatic carbocycles. The van der Waals surface area contributed by atoms with Crippen LogP contribution in [0.25, 0.3) is 0 Å². The first-order valence-electron chi connectivity index (χ1n) is 6.90. The van der Waals surface area contributed by atoms with E-state index in [1.807, 2.05) is 31.2 Å². The SMILES string of the molecule is CCC(CCO)NC(=O)c1ccc(C(C)(C)C)cc1. The lowest BCUT2D eigenvalue weighted by Crippen LogP contribution is -2.35. The fraction of sp³-hybridized carbons (Fsp3) is 0.562. The van der Waals surface area contributed by atoms with E-state index >= 15 is 0 Å². The van der Waals surface area contributed by atoms with Gasteiger partial charge in [-0.3, -0.25) is 4.79 Å². The minimum atomic E-state index is -0.0687. The molecule has 0 radical (unpaired) electrons. The molecular formula is C16H25NO2. The van der Waals surface area contributed by atoms with Crippen LogP contribution in [0.3, 0.4) is 0 Å². The van der Waals surface area contributed by atoms with Crippen LogP contribution in [-0.4, -0.2) is 23.7 Å². The van der Waals surface area contributed by atoms with Gasteiger partial charge in [0.1, 0.15) is 0 Å². The number of aliphatic hydroxyl groups excluding tert-OH is 1. The van der Waals surface area contributed by atoms with E-state index < -0.39 is 0 Å². The second-order valence-corrected chi connectivity index (χ2v) is 5.92. The maximum absolute atomic E-state index is 12.1. The van der Waals surface area contributed by atoms with Gasteiger partial charge < -0.3 is 10.4 Å². The van der Waals surface area contributed by atoms with Crippen LogP contribution in [0.15, 0.2) is 24.3 Å². The van der Waals surface area contributed by atoms with Gasteiger partial charge >= 0.3 is 0 Å². The monoisotopic (exact) mass is 263 g/mol. The Labute approximate surface area is 116 Å². The summed E-state index contributed by atoms with van der Waals surface area (Å²) in [6.45, 7) is 8.55. The fourth-order valence-corrected chi connectivity index (χ4v) is 1.92. The van der Waals surface area contributed by atoms with Crippen molar-refractivity contribution in [3.63, 3.8) is 0 Å². The molecule has 19 heavy (non-hydrogen) atoms. The van der Waals surface area contributed by atoms with Gasteiger partial charge in [-0.05, 0) is 36.0 Å². The van der Waals surface area contributed by atoms with Gasteiger partial charge in [0, 0.05) is 18.2 Å². The summed E-state index contributed by atoms with van der Waals surface area (Å²) in [5.74, 6) is -0.0687. The molecule has 0 aromatic heterocycles. The molecule has 1 aromatic carbocycles. The summed E-state index contributed by atoms with van der Waals surface area (Å²) in [5.41, 5.74) is 1.98. The van der Waals surface area contributed by atoms with Crippen LogP contribution >= 0.6 is 0 Å². The molecule has 1 atom stereocenters. The average molecular weight is 263 g/mol. The van der Waals surface area contributed by atoms with Crippen molar-refractivity contribution >= 4 is 5.91 Å². The van der Waals surface area contributed by atoms with Crippen molar-refractivity contribution in [1.29, 1.82) is 0 Å². The lowest BCUT2D eigenvalue weighted by Gasteiger charge is -2.20. The summed E-state index contributed by atoms with van der Waals surface area (Å²) >= 11 is 0. The van der Waals surface area contributed by atoms with Gasteiger partial charge in [-0.1, -0.05) is 39.8 Å². The Morgan fingerprint density at radius 1 is 1.26 bits per heavy atom. The Bertz CT molecular complexity index is 404. The Morgan fingerprint density at radius 3 is 2.26 bits per heavy atom. The molecule has 1 unspecified atom stereocenters. The molecular weight excluding hydrogens is 238 g/mol. The van der Waals surface area contributed by atoms with Crippen LogP contribution in [-0.2, 0) is 5.41 Å². The van der Waals surface area contributed by atoms with Gasteiger partial charge in [-0.2, -0.15) is 0 Å². The highest BCUT2D eigenvalue weighted by Crippen LogP contribution is 2.22. The van der Waals surface area contributed by atoms with Crippen LogP contribution in [0.1, 0.15) is 56.5 Å². The van der Waals surface area contributed by atoms with Crippen LogP contribution in [0.4, 0.5) is 0 Å². The van der Waals surface area contributed by atoms with Gasteiger partial charge in [0.25, 0.3) is 5.91 Å². The van der Waals surface area contributed by atoms with E-state index in [0.717, 1.165) is 6.42 Å². The van der Waals surface area contributed by atoms with Gasteiger partial charge in [-0.25, -0.2) is 0 Å². The van der Waals surface area contributed by atoms with Crippen molar-refractivity contribution in [2.75, 3.05) is 6.61 Å². The Kier molecular flexibility index (Phi) is 5.55. The first kappa shape index (κ1) is 15.7. The standard InChI is InChI=1S/C16H25NO2/c1-5-14(10-11-18)17-15(19)12-6-8-13(9-7-12)16(2,3)4/h6-9,14,18H,5,10-11H2,1-4H3,(H,17,19). The number of amides is 1. The first-order valence-corrected chi connectivity index (χ1v) is 6.90. The number of carbonyl (C=O) groups is 1. The van der Waals surface area contributed by atoms with Crippen molar-refractivity contribution in [2.45, 2.75) is 52.0 Å². The Hall–Kier alpha value is -1.35. The zero-order chi connectivity index (χ0) is 14.5. The highest BCUT2D eigenvalue weighted by Gasteiger charge is 2.15. The molecule has 0 aliphatic rings. The molecule has 1 aromatic rings. The first-order chi connectivity index (χ1) is 8.88. The molecule has 106 valence electrons. The van der Waals surface area contributed by atoms with E-state index in [-0.39, 0.29) is 24.0 Å². The highest BCUT2D eigenvalue weighted by molar-refractivity contribution is 5.94.